The van der Waals surface area contributed by atoms with Crippen molar-refractivity contribution in [2.75, 3.05) is 19.3 Å². The van der Waals surface area contributed by atoms with E-state index in [9.17, 15) is 8.42 Å². The molecule has 0 bridgehead atoms. The zero-order valence-corrected chi connectivity index (χ0v) is 14.5. The van der Waals surface area contributed by atoms with Crippen LogP contribution in [0.25, 0.3) is 0 Å². The van der Waals surface area contributed by atoms with Crippen molar-refractivity contribution in [2.24, 2.45) is 4.99 Å². The number of sulfone groups is 1. The van der Waals surface area contributed by atoms with Gasteiger partial charge in [0.15, 0.2) is 15.8 Å². The second kappa shape index (κ2) is 9.46. The fourth-order valence-corrected chi connectivity index (χ4v) is 2.57. The molecule has 1 aromatic rings. The fourth-order valence-electron chi connectivity index (χ4n) is 1.94. The first kappa shape index (κ1) is 18.5. The molecule has 1 aromatic carbocycles. The van der Waals surface area contributed by atoms with Gasteiger partial charge in [-0.25, -0.2) is 13.4 Å². The van der Waals surface area contributed by atoms with Crippen LogP contribution in [0.2, 0.25) is 0 Å². The van der Waals surface area contributed by atoms with Gasteiger partial charge in [0.2, 0.25) is 0 Å². The Morgan fingerprint density at radius 3 is 2.32 bits per heavy atom. The van der Waals surface area contributed by atoms with Gasteiger partial charge in [0.05, 0.1) is 11.4 Å². The summed E-state index contributed by atoms with van der Waals surface area (Å²) in [6.45, 7) is 6.45. The summed E-state index contributed by atoms with van der Waals surface area (Å²) in [5.74, 6) is 0.797. The van der Waals surface area contributed by atoms with Gasteiger partial charge in [-0.3, -0.25) is 0 Å². The second-order valence-electron chi connectivity index (χ2n) is 5.25. The van der Waals surface area contributed by atoms with Gasteiger partial charge in [-0.05, 0) is 31.0 Å². The number of aliphatic imine (C=N–C) groups is 1. The quantitative estimate of drug-likeness (QED) is 0.437. The average Bonchev–Trinajstić information content (AvgIpc) is 2.48. The van der Waals surface area contributed by atoms with Gasteiger partial charge in [0.1, 0.15) is 0 Å². The van der Waals surface area contributed by atoms with Crippen molar-refractivity contribution in [1.29, 1.82) is 0 Å². The Morgan fingerprint density at radius 2 is 1.77 bits per heavy atom. The molecule has 0 amide bonds. The minimum absolute atomic E-state index is 0.338. The number of hydrogen-bond acceptors (Lipinski definition) is 3. The monoisotopic (exact) mass is 325 g/mol. The van der Waals surface area contributed by atoms with E-state index in [4.69, 9.17) is 0 Å². The molecule has 0 aliphatic rings. The van der Waals surface area contributed by atoms with E-state index in [0.29, 0.717) is 11.4 Å². The minimum Gasteiger partial charge on any atom is -0.357 e. The molecule has 0 fully saturated rings. The van der Waals surface area contributed by atoms with Crippen LogP contribution in [0, 0.1) is 0 Å². The molecular weight excluding hydrogens is 298 g/mol. The number of rotatable bonds is 8. The van der Waals surface area contributed by atoms with Gasteiger partial charge in [-0.2, -0.15) is 0 Å². The highest BCUT2D eigenvalue weighted by Crippen LogP contribution is 2.10. The Labute approximate surface area is 134 Å². The van der Waals surface area contributed by atoms with Crippen LogP contribution < -0.4 is 10.6 Å². The smallest absolute Gasteiger partial charge is 0.191 e. The molecule has 22 heavy (non-hydrogen) atoms. The largest absolute Gasteiger partial charge is 0.357 e. The summed E-state index contributed by atoms with van der Waals surface area (Å²) in [7, 11) is -3.14. The number of guanidine groups is 1. The van der Waals surface area contributed by atoms with Gasteiger partial charge in [0, 0.05) is 19.3 Å². The lowest BCUT2D eigenvalue weighted by atomic mass is 10.2. The summed E-state index contributed by atoms with van der Waals surface area (Å²) in [4.78, 5) is 4.86. The van der Waals surface area contributed by atoms with E-state index >= 15 is 0 Å². The summed E-state index contributed by atoms with van der Waals surface area (Å²) < 4.78 is 22.8. The van der Waals surface area contributed by atoms with Crippen LogP contribution in [0.15, 0.2) is 34.2 Å². The predicted octanol–water partition coefficient (Wildman–Crippen LogP) is 2.34. The predicted molar refractivity (Wildman–Crippen MR) is 91.9 cm³/mol. The topological polar surface area (TPSA) is 70.6 Å². The molecule has 0 atom stereocenters. The van der Waals surface area contributed by atoms with Crippen molar-refractivity contribution in [2.45, 2.75) is 44.6 Å². The van der Waals surface area contributed by atoms with Crippen molar-refractivity contribution < 1.29 is 8.42 Å². The Balaban J connectivity index is 2.61. The molecule has 2 N–H and O–H groups in total. The van der Waals surface area contributed by atoms with Crippen molar-refractivity contribution >= 4 is 15.8 Å². The number of nitrogens with zero attached hydrogens (tertiary/aromatic N) is 1. The third-order valence-corrected chi connectivity index (χ3v) is 4.32. The van der Waals surface area contributed by atoms with E-state index in [2.05, 4.69) is 22.5 Å². The average molecular weight is 325 g/mol. The third-order valence-electron chi connectivity index (χ3n) is 3.19. The van der Waals surface area contributed by atoms with E-state index in [1.54, 1.807) is 24.3 Å². The number of nitrogens with one attached hydrogen (secondary N) is 2. The fraction of sp³-hybridized carbons (Fsp3) is 0.562. The van der Waals surface area contributed by atoms with Crippen LogP contribution in [-0.2, 0) is 16.4 Å². The maximum absolute atomic E-state index is 11.4. The van der Waals surface area contributed by atoms with E-state index in [-0.39, 0.29) is 0 Å². The van der Waals surface area contributed by atoms with Gasteiger partial charge >= 0.3 is 0 Å². The zero-order chi connectivity index (χ0) is 16.4. The first-order chi connectivity index (χ1) is 10.5. The Kier molecular flexibility index (Phi) is 7.95. The maximum Gasteiger partial charge on any atom is 0.191 e. The van der Waals surface area contributed by atoms with Crippen LogP contribution in [0.4, 0.5) is 0 Å². The summed E-state index contributed by atoms with van der Waals surface area (Å²) in [5.41, 5.74) is 0.984. The highest BCUT2D eigenvalue weighted by atomic mass is 32.2. The summed E-state index contributed by atoms with van der Waals surface area (Å²) >= 11 is 0. The van der Waals surface area contributed by atoms with E-state index in [0.717, 1.165) is 31.0 Å². The molecule has 6 heteroatoms. The lowest BCUT2D eigenvalue weighted by Crippen LogP contribution is -2.37. The van der Waals surface area contributed by atoms with Crippen LogP contribution in [0.5, 0.6) is 0 Å². The molecular formula is C16H27N3O2S. The van der Waals surface area contributed by atoms with Crippen LogP contribution in [0.3, 0.4) is 0 Å². The van der Waals surface area contributed by atoms with E-state index in [1.165, 1.54) is 19.1 Å². The Bertz CT molecular complexity index is 566. The molecule has 0 saturated heterocycles. The highest BCUT2D eigenvalue weighted by Gasteiger charge is 2.06. The van der Waals surface area contributed by atoms with Crippen LogP contribution in [-0.4, -0.2) is 33.7 Å². The summed E-state index contributed by atoms with van der Waals surface area (Å²) in [6, 6.07) is 6.87. The molecule has 0 saturated carbocycles. The molecule has 1 rings (SSSR count). The van der Waals surface area contributed by atoms with E-state index < -0.39 is 9.84 Å². The molecule has 124 valence electrons. The lowest BCUT2D eigenvalue weighted by molar-refractivity contribution is 0.602. The SMILES string of the molecule is CCCCCNC(=NCc1ccc(S(C)(=O)=O)cc1)NCC. The Morgan fingerprint density at radius 1 is 1.09 bits per heavy atom. The lowest BCUT2D eigenvalue weighted by Gasteiger charge is -2.11. The summed E-state index contributed by atoms with van der Waals surface area (Å²) in [5, 5.41) is 6.51. The van der Waals surface area contributed by atoms with Crippen molar-refractivity contribution in [3.63, 3.8) is 0 Å². The molecule has 0 spiro atoms. The van der Waals surface area contributed by atoms with E-state index in [1.807, 2.05) is 6.92 Å². The molecule has 0 aliphatic carbocycles. The van der Waals surface area contributed by atoms with Crippen molar-refractivity contribution in [3.05, 3.63) is 29.8 Å². The molecule has 0 heterocycles. The first-order valence-corrected chi connectivity index (χ1v) is 9.67. The molecule has 0 aliphatic heterocycles. The van der Waals surface area contributed by atoms with Gasteiger partial charge in [-0.1, -0.05) is 31.9 Å². The maximum atomic E-state index is 11.4. The normalized spacial score (nSPS) is 12.2. The van der Waals surface area contributed by atoms with Crippen LogP contribution >= 0.6 is 0 Å². The second-order valence-corrected chi connectivity index (χ2v) is 7.26. The third kappa shape index (κ3) is 6.93. The van der Waals surface area contributed by atoms with Gasteiger partial charge in [-0.15, -0.1) is 0 Å². The number of hydrogen-bond donors (Lipinski definition) is 2. The zero-order valence-electron chi connectivity index (χ0n) is 13.7. The van der Waals surface area contributed by atoms with Gasteiger partial charge < -0.3 is 10.6 Å². The number of unbranched alkanes of at least 4 members (excludes halogenated alkanes) is 2. The van der Waals surface area contributed by atoms with Crippen LogP contribution in [0.1, 0.15) is 38.7 Å². The summed E-state index contributed by atoms with van der Waals surface area (Å²) in [6.07, 6.45) is 4.75. The van der Waals surface area contributed by atoms with Crippen molar-refractivity contribution in [1.82, 2.24) is 10.6 Å². The molecule has 0 radical (unpaired) electrons. The Hall–Kier alpha value is -1.56. The first-order valence-electron chi connectivity index (χ1n) is 7.78. The standard InChI is InChI=1S/C16H27N3O2S/c1-4-6-7-12-18-16(17-5-2)19-13-14-8-10-15(11-9-14)22(3,20)21/h8-11H,4-7,12-13H2,1-3H3,(H2,17,18,19). The van der Waals surface area contributed by atoms with Gasteiger partial charge in [0.25, 0.3) is 0 Å². The van der Waals surface area contributed by atoms with Crippen molar-refractivity contribution in [3.8, 4) is 0 Å². The molecule has 0 unspecified atom stereocenters. The minimum atomic E-state index is -3.14. The molecule has 5 nitrogen and oxygen atoms in total. The molecule has 0 aromatic heterocycles. The highest BCUT2D eigenvalue weighted by molar-refractivity contribution is 7.90. The number of benzene rings is 1.